The van der Waals surface area contributed by atoms with E-state index in [0.717, 1.165) is 37.8 Å². The van der Waals surface area contributed by atoms with Crippen LogP contribution in [0.15, 0.2) is 47.4 Å². The molecule has 1 saturated heterocycles. The largest absolute Gasteiger partial charge is 0.495 e. The van der Waals surface area contributed by atoms with Gasteiger partial charge in [-0.25, -0.2) is 8.42 Å². The van der Waals surface area contributed by atoms with E-state index in [1.807, 2.05) is 18.2 Å². The lowest BCUT2D eigenvalue weighted by molar-refractivity contribution is -0.115. The molecule has 0 spiro atoms. The summed E-state index contributed by atoms with van der Waals surface area (Å²) < 4.78 is 33.1. The van der Waals surface area contributed by atoms with Gasteiger partial charge in [0.2, 0.25) is 15.9 Å². The van der Waals surface area contributed by atoms with Gasteiger partial charge in [-0.05, 0) is 62.4 Å². The van der Waals surface area contributed by atoms with E-state index in [0.29, 0.717) is 24.5 Å². The highest BCUT2D eigenvalue weighted by molar-refractivity contribution is 7.89. The highest BCUT2D eigenvalue weighted by Crippen LogP contribution is 2.32. The SMILES string of the molecule is COc1ccc(S(=O)(=O)N2CCCCC2)cc1NC(=O)CN1c2ccccc2CCC1C. The van der Waals surface area contributed by atoms with Crippen molar-refractivity contribution in [3.63, 3.8) is 0 Å². The first-order valence-corrected chi connectivity index (χ1v) is 12.7. The molecule has 2 aliphatic rings. The van der Waals surface area contributed by atoms with Crippen molar-refractivity contribution >= 4 is 27.3 Å². The Bertz CT molecular complexity index is 1080. The summed E-state index contributed by atoms with van der Waals surface area (Å²) in [5.41, 5.74) is 2.69. The van der Waals surface area contributed by atoms with E-state index in [1.165, 1.54) is 23.0 Å². The molecule has 0 aliphatic carbocycles. The first-order valence-electron chi connectivity index (χ1n) is 11.2. The zero-order chi connectivity index (χ0) is 22.7. The number of methoxy groups -OCH3 is 1. The molecule has 1 atom stereocenters. The molecule has 2 aliphatic heterocycles. The summed E-state index contributed by atoms with van der Waals surface area (Å²) in [4.78, 5) is 15.3. The standard InChI is InChI=1S/C24H31N3O4S/c1-18-10-11-19-8-4-5-9-22(19)27(18)17-24(28)25-21-16-20(12-13-23(21)31-2)32(29,30)26-14-6-3-7-15-26/h4-5,8-9,12-13,16,18H,3,6-7,10-11,14-15,17H2,1-2H3,(H,25,28). The van der Waals surface area contributed by atoms with Crippen molar-refractivity contribution in [1.29, 1.82) is 0 Å². The number of hydrogen-bond donors (Lipinski definition) is 1. The maximum absolute atomic E-state index is 13.1. The second kappa shape index (κ2) is 9.50. The number of fused-ring (bicyclic) bond motifs is 1. The summed E-state index contributed by atoms with van der Waals surface area (Å²) in [5.74, 6) is 0.224. The maximum Gasteiger partial charge on any atom is 0.244 e. The summed E-state index contributed by atoms with van der Waals surface area (Å²) >= 11 is 0. The van der Waals surface area contributed by atoms with E-state index in [2.05, 4.69) is 23.2 Å². The van der Waals surface area contributed by atoms with Gasteiger partial charge in [0, 0.05) is 24.8 Å². The number of amides is 1. The van der Waals surface area contributed by atoms with Crippen LogP contribution < -0.4 is 15.0 Å². The Hall–Kier alpha value is -2.58. The minimum absolute atomic E-state index is 0.173. The minimum atomic E-state index is -3.61. The summed E-state index contributed by atoms with van der Waals surface area (Å²) in [6.07, 6.45) is 4.77. The summed E-state index contributed by atoms with van der Waals surface area (Å²) in [6.45, 7) is 3.37. The van der Waals surface area contributed by atoms with E-state index in [9.17, 15) is 13.2 Å². The molecule has 1 unspecified atom stereocenters. The van der Waals surface area contributed by atoms with Crippen LogP contribution in [0.1, 0.15) is 38.2 Å². The molecule has 1 amide bonds. The topological polar surface area (TPSA) is 79.0 Å². The average molecular weight is 458 g/mol. The van der Waals surface area contributed by atoms with Crippen LogP contribution in [-0.4, -0.2) is 51.4 Å². The molecule has 0 bridgehead atoms. The predicted octanol–water partition coefficient (Wildman–Crippen LogP) is 3.65. The van der Waals surface area contributed by atoms with Gasteiger partial charge in [0.25, 0.3) is 0 Å². The number of rotatable bonds is 6. The van der Waals surface area contributed by atoms with Gasteiger partial charge in [0.15, 0.2) is 0 Å². The van der Waals surface area contributed by atoms with E-state index in [-0.39, 0.29) is 23.4 Å². The van der Waals surface area contributed by atoms with Crippen molar-refractivity contribution in [2.45, 2.75) is 50.0 Å². The predicted molar refractivity (Wildman–Crippen MR) is 126 cm³/mol. The number of para-hydroxylation sites is 1. The number of sulfonamides is 1. The molecule has 172 valence electrons. The molecular formula is C24H31N3O4S. The van der Waals surface area contributed by atoms with Crippen molar-refractivity contribution in [1.82, 2.24) is 4.31 Å². The number of carbonyl (C=O) groups excluding carboxylic acids is 1. The third kappa shape index (κ3) is 4.61. The highest BCUT2D eigenvalue weighted by Gasteiger charge is 2.28. The Labute approximate surface area is 190 Å². The first kappa shape index (κ1) is 22.6. The monoisotopic (exact) mass is 457 g/mol. The summed E-state index contributed by atoms with van der Waals surface area (Å²) in [6, 6.07) is 13.0. The fourth-order valence-corrected chi connectivity index (χ4v) is 6.09. The molecule has 2 aromatic carbocycles. The third-order valence-corrected chi connectivity index (χ3v) is 8.27. The van der Waals surface area contributed by atoms with Gasteiger partial charge in [-0.15, -0.1) is 0 Å². The van der Waals surface area contributed by atoms with Crippen molar-refractivity contribution in [2.24, 2.45) is 0 Å². The van der Waals surface area contributed by atoms with Crippen LogP contribution >= 0.6 is 0 Å². The Balaban J connectivity index is 1.55. The molecule has 4 rings (SSSR count). The molecule has 2 aromatic rings. The molecule has 1 fully saturated rings. The molecule has 8 heteroatoms. The van der Waals surface area contributed by atoms with Crippen molar-refractivity contribution in [3.8, 4) is 5.75 Å². The van der Waals surface area contributed by atoms with Gasteiger partial charge < -0.3 is 15.0 Å². The van der Waals surface area contributed by atoms with Gasteiger partial charge in [-0.3, -0.25) is 4.79 Å². The number of benzene rings is 2. The highest BCUT2D eigenvalue weighted by atomic mass is 32.2. The van der Waals surface area contributed by atoms with Crippen LogP contribution in [0, 0.1) is 0 Å². The van der Waals surface area contributed by atoms with Crippen LogP contribution in [0.25, 0.3) is 0 Å². The Morgan fingerprint density at radius 3 is 2.62 bits per heavy atom. The fraction of sp³-hybridized carbons (Fsp3) is 0.458. The van der Waals surface area contributed by atoms with E-state index in [1.54, 1.807) is 12.1 Å². The molecule has 0 saturated carbocycles. The fourth-order valence-electron chi connectivity index (χ4n) is 4.55. The lowest BCUT2D eigenvalue weighted by Gasteiger charge is -2.36. The van der Waals surface area contributed by atoms with Gasteiger partial charge in [0.1, 0.15) is 5.75 Å². The number of anilines is 2. The smallest absolute Gasteiger partial charge is 0.244 e. The number of piperidine rings is 1. The second-order valence-electron chi connectivity index (χ2n) is 8.52. The van der Waals surface area contributed by atoms with Crippen molar-refractivity contribution < 1.29 is 17.9 Å². The van der Waals surface area contributed by atoms with E-state index >= 15 is 0 Å². The van der Waals surface area contributed by atoms with Crippen molar-refractivity contribution in [2.75, 3.05) is 37.0 Å². The molecule has 2 heterocycles. The molecule has 32 heavy (non-hydrogen) atoms. The number of nitrogens with zero attached hydrogens (tertiary/aromatic N) is 2. The number of aryl methyl sites for hydroxylation is 1. The Morgan fingerprint density at radius 1 is 1.12 bits per heavy atom. The molecule has 7 nitrogen and oxygen atoms in total. The number of ether oxygens (including phenoxy) is 1. The van der Waals surface area contributed by atoms with Crippen LogP contribution in [0.4, 0.5) is 11.4 Å². The summed E-state index contributed by atoms with van der Waals surface area (Å²) in [5, 5.41) is 2.89. The molecule has 0 radical (unpaired) electrons. The quantitative estimate of drug-likeness (QED) is 0.716. The molecular weight excluding hydrogens is 426 g/mol. The van der Waals surface area contributed by atoms with Gasteiger partial charge in [0.05, 0.1) is 24.2 Å². The minimum Gasteiger partial charge on any atom is -0.495 e. The van der Waals surface area contributed by atoms with Gasteiger partial charge in [-0.1, -0.05) is 24.6 Å². The lowest BCUT2D eigenvalue weighted by atomic mass is 9.96. The Morgan fingerprint density at radius 2 is 1.88 bits per heavy atom. The lowest BCUT2D eigenvalue weighted by Crippen LogP contribution is -2.42. The van der Waals surface area contributed by atoms with E-state index in [4.69, 9.17) is 4.74 Å². The normalized spacial score (nSPS) is 19.3. The van der Waals surface area contributed by atoms with Gasteiger partial charge >= 0.3 is 0 Å². The number of hydrogen-bond acceptors (Lipinski definition) is 5. The maximum atomic E-state index is 13.1. The van der Waals surface area contributed by atoms with E-state index < -0.39 is 10.0 Å². The number of carbonyl (C=O) groups is 1. The Kier molecular flexibility index (Phi) is 6.71. The zero-order valence-electron chi connectivity index (χ0n) is 18.7. The van der Waals surface area contributed by atoms with Crippen LogP contribution in [0.5, 0.6) is 5.75 Å². The zero-order valence-corrected chi connectivity index (χ0v) is 19.5. The first-order chi connectivity index (χ1) is 15.4. The summed E-state index contributed by atoms with van der Waals surface area (Å²) in [7, 11) is -2.10. The number of nitrogens with one attached hydrogen (secondary N) is 1. The van der Waals surface area contributed by atoms with Crippen molar-refractivity contribution in [3.05, 3.63) is 48.0 Å². The van der Waals surface area contributed by atoms with Gasteiger partial charge in [-0.2, -0.15) is 4.31 Å². The van der Waals surface area contributed by atoms with Crippen LogP contribution in [0.3, 0.4) is 0 Å². The molecule has 1 N–H and O–H groups in total. The molecule has 0 aromatic heterocycles. The van der Waals surface area contributed by atoms with Crippen LogP contribution in [0.2, 0.25) is 0 Å². The average Bonchev–Trinajstić information content (AvgIpc) is 2.81. The third-order valence-electron chi connectivity index (χ3n) is 6.38. The second-order valence-corrected chi connectivity index (χ2v) is 10.5. The van der Waals surface area contributed by atoms with Crippen LogP contribution in [-0.2, 0) is 21.2 Å².